The summed E-state index contributed by atoms with van der Waals surface area (Å²) >= 11 is 0. The van der Waals surface area contributed by atoms with Gasteiger partial charge < -0.3 is 19.2 Å². The third kappa shape index (κ3) is 31.9. The van der Waals surface area contributed by atoms with E-state index in [9.17, 15) is 24.2 Å². The maximum absolute atomic E-state index is 13.3. The van der Waals surface area contributed by atoms with Crippen molar-refractivity contribution in [2.45, 2.75) is 206 Å². The summed E-state index contributed by atoms with van der Waals surface area (Å²) in [5.41, 5.74) is 0. The molecule has 0 bridgehead atoms. The summed E-state index contributed by atoms with van der Waals surface area (Å²) in [4.78, 5) is 36.5. The van der Waals surface area contributed by atoms with Gasteiger partial charge in [0.15, 0.2) is 18.0 Å². The van der Waals surface area contributed by atoms with Crippen LogP contribution < -0.4 is 0 Å². The van der Waals surface area contributed by atoms with Crippen molar-refractivity contribution in [2.75, 3.05) is 40.9 Å². The third-order valence-corrected chi connectivity index (χ3v) is 10.4. The van der Waals surface area contributed by atoms with Crippen LogP contribution in [0, 0.1) is 0 Å². The summed E-state index contributed by atoms with van der Waals surface area (Å²) in [5.74, 6) is -1.02. The molecule has 0 amide bonds. The molecule has 10 heteroatoms. The Bertz CT molecular complexity index is 850. The highest BCUT2D eigenvalue weighted by atomic mass is 31.2. The Kier molecular flexibility index (Phi) is 32.2. The summed E-state index contributed by atoms with van der Waals surface area (Å²) < 4.78 is 29.4. The first-order valence-corrected chi connectivity index (χ1v) is 22.2. The van der Waals surface area contributed by atoms with Crippen molar-refractivity contribution in [3.05, 3.63) is 0 Å². The lowest BCUT2D eigenvalue weighted by molar-refractivity contribution is -0.870. The van der Waals surface area contributed by atoms with Crippen molar-refractivity contribution in [1.82, 2.24) is 0 Å². The smallest absolute Gasteiger partial charge is 0.457 e. The molecule has 2 unspecified atom stereocenters. The van der Waals surface area contributed by atoms with Gasteiger partial charge in [0.1, 0.15) is 13.2 Å². The van der Waals surface area contributed by atoms with Gasteiger partial charge in [-0.2, -0.15) is 0 Å². The molecule has 0 aliphatic heterocycles. The van der Waals surface area contributed by atoms with Crippen LogP contribution in [0.15, 0.2) is 0 Å². The van der Waals surface area contributed by atoms with Crippen molar-refractivity contribution < 1.29 is 42.4 Å². The molecule has 3 atom stereocenters. The van der Waals surface area contributed by atoms with Crippen LogP contribution in [0.1, 0.15) is 194 Å². The fourth-order valence-corrected chi connectivity index (χ4v) is 7.02. The zero-order valence-corrected chi connectivity index (χ0v) is 34.2. The molecular formula is C40H81NO8P+. The zero-order chi connectivity index (χ0) is 37.4. The zero-order valence-electron chi connectivity index (χ0n) is 33.3. The van der Waals surface area contributed by atoms with Gasteiger partial charge >= 0.3 is 13.8 Å². The first-order valence-electron chi connectivity index (χ1n) is 20.7. The number of carbonyl (C=O) groups excluding carboxylic acids is 2. The molecule has 0 radical (unpaired) electrons. The third-order valence-electron chi connectivity index (χ3n) is 9.39. The fourth-order valence-electron chi connectivity index (χ4n) is 6.11. The molecule has 0 aliphatic carbocycles. The normalized spacial score (nSPS) is 14.4. The quantitative estimate of drug-likeness (QED) is 0.0278. The van der Waals surface area contributed by atoms with Crippen LogP contribution in [0.4, 0.5) is 0 Å². The molecule has 0 aromatic carbocycles. The predicted octanol–water partition coefficient (Wildman–Crippen LogP) is 10.6. The largest absolute Gasteiger partial charge is 0.473 e. The Morgan fingerprint density at radius 3 is 1.32 bits per heavy atom. The van der Waals surface area contributed by atoms with Crippen molar-refractivity contribution in [3.63, 3.8) is 0 Å². The fraction of sp³-hybridized carbons (Fsp3) is 0.950. The number of ketones is 1. The number of aliphatic hydroxyl groups excluding tert-OH is 1. The number of hydrogen-bond donors (Lipinski definition) is 2. The van der Waals surface area contributed by atoms with Crippen LogP contribution in [-0.2, 0) is 27.9 Å². The van der Waals surface area contributed by atoms with Gasteiger partial charge in [-0.15, -0.1) is 0 Å². The number of phosphoric acid groups is 1. The summed E-state index contributed by atoms with van der Waals surface area (Å²) in [6.45, 7) is 4.18. The summed E-state index contributed by atoms with van der Waals surface area (Å²) in [6.07, 6.45) is 28.1. The Hall–Kier alpha value is -0.830. The standard InChI is InChI=1S/C40H80NO8P/c1-6-8-10-12-14-16-18-20-22-24-26-28-30-32-37(43)40(49-50(45,46)47-35-34-41(3,4)5)38(36-42)48-39(44)33-31-29-27-25-23-21-19-17-15-13-11-9-7-2/h38,40,42H,6-36H2,1-5H3/p+1/t38-,40?/m0/s1. The number of ether oxygens (including phenoxy) is 1. The molecule has 0 spiro atoms. The Labute approximate surface area is 308 Å². The van der Waals surface area contributed by atoms with E-state index in [-0.39, 0.29) is 19.4 Å². The number of likely N-dealkylation sites (N-methyl/N-ethyl adjacent to an activating group) is 1. The highest BCUT2D eigenvalue weighted by Crippen LogP contribution is 2.45. The molecule has 0 aromatic heterocycles. The number of esters is 1. The summed E-state index contributed by atoms with van der Waals surface area (Å²) in [7, 11) is 1.12. The number of unbranched alkanes of at least 4 members (excludes halogenated alkanes) is 24. The van der Waals surface area contributed by atoms with Gasteiger partial charge in [0.25, 0.3) is 0 Å². The minimum Gasteiger partial charge on any atom is -0.457 e. The number of quaternary nitrogens is 1. The van der Waals surface area contributed by atoms with E-state index in [0.29, 0.717) is 23.9 Å². The van der Waals surface area contributed by atoms with Gasteiger partial charge in [-0.3, -0.25) is 18.6 Å². The lowest BCUT2D eigenvalue weighted by atomic mass is 10.0. The Morgan fingerprint density at radius 2 is 0.960 bits per heavy atom. The summed E-state index contributed by atoms with van der Waals surface area (Å²) in [6, 6.07) is 0. The lowest BCUT2D eigenvalue weighted by Gasteiger charge is -2.27. The molecule has 298 valence electrons. The molecule has 0 aromatic rings. The monoisotopic (exact) mass is 735 g/mol. The second kappa shape index (κ2) is 32.8. The number of phosphoric ester groups is 1. The van der Waals surface area contributed by atoms with Crippen LogP contribution in [0.3, 0.4) is 0 Å². The Morgan fingerprint density at radius 1 is 0.600 bits per heavy atom. The number of Topliss-reactive ketones (excluding diaryl/α,β-unsaturated/α-hetero) is 1. The summed E-state index contributed by atoms with van der Waals surface area (Å²) in [5, 5.41) is 10.1. The van der Waals surface area contributed by atoms with E-state index >= 15 is 0 Å². The lowest BCUT2D eigenvalue weighted by Crippen LogP contribution is -2.42. The van der Waals surface area contributed by atoms with E-state index in [2.05, 4.69) is 13.8 Å². The topological polar surface area (TPSA) is 119 Å². The van der Waals surface area contributed by atoms with Gasteiger partial charge in [-0.05, 0) is 12.8 Å². The maximum Gasteiger partial charge on any atom is 0.473 e. The first kappa shape index (κ1) is 49.2. The van der Waals surface area contributed by atoms with Crippen molar-refractivity contribution in [1.29, 1.82) is 0 Å². The van der Waals surface area contributed by atoms with Crippen LogP contribution in [-0.4, -0.2) is 79.3 Å². The van der Waals surface area contributed by atoms with Crippen molar-refractivity contribution in [3.8, 4) is 0 Å². The second-order valence-corrected chi connectivity index (χ2v) is 16.9. The molecule has 0 aliphatic rings. The van der Waals surface area contributed by atoms with Crippen LogP contribution in [0.2, 0.25) is 0 Å². The predicted molar refractivity (Wildman–Crippen MR) is 206 cm³/mol. The minimum absolute atomic E-state index is 0.0559. The van der Waals surface area contributed by atoms with Crippen molar-refractivity contribution >= 4 is 19.6 Å². The maximum atomic E-state index is 13.3. The van der Waals surface area contributed by atoms with Gasteiger partial charge in [-0.1, -0.05) is 168 Å². The number of rotatable bonds is 38. The van der Waals surface area contributed by atoms with E-state index in [1.807, 2.05) is 21.1 Å². The number of carbonyl (C=O) groups is 2. The highest BCUT2D eigenvalue weighted by Gasteiger charge is 2.38. The van der Waals surface area contributed by atoms with Crippen LogP contribution >= 0.6 is 7.82 Å². The number of aliphatic hydroxyl groups is 1. The molecule has 0 rings (SSSR count). The van der Waals surface area contributed by atoms with Gasteiger partial charge in [0.2, 0.25) is 0 Å². The van der Waals surface area contributed by atoms with E-state index in [0.717, 1.165) is 38.5 Å². The van der Waals surface area contributed by atoms with E-state index in [1.54, 1.807) is 0 Å². The van der Waals surface area contributed by atoms with Gasteiger partial charge in [0.05, 0.1) is 27.7 Å². The molecular weight excluding hydrogens is 653 g/mol. The number of hydrogen-bond acceptors (Lipinski definition) is 7. The molecule has 0 fully saturated rings. The molecule has 2 N–H and O–H groups in total. The average molecular weight is 735 g/mol. The Balaban J connectivity index is 4.67. The van der Waals surface area contributed by atoms with Gasteiger partial charge in [0, 0.05) is 12.8 Å². The molecule has 50 heavy (non-hydrogen) atoms. The molecule has 0 saturated heterocycles. The second-order valence-electron chi connectivity index (χ2n) is 15.5. The van der Waals surface area contributed by atoms with Gasteiger partial charge in [-0.25, -0.2) is 4.57 Å². The average Bonchev–Trinajstić information content (AvgIpc) is 3.06. The van der Waals surface area contributed by atoms with Crippen LogP contribution in [0.25, 0.3) is 0 Å². The van der Waals surface area contributed by atoms with Crippen molar-refractivity contribution in [2.24, 2.45) is 0 Å². The van der Waals surface area contributed by atoms with E-state index < -0.39 is 38.4 Å². The first-order chi connectivity index (χ1) is 24.0. The minimum atomic E-state index is -4.66. The molecule has 9 nitrogen and oxygen atoms in total. The van der Waals surface area contributed by atoms with E-state index in [1.165, 1.54) is 116 Å². The highest BCUT2D eigenvalue weighted by molar-refractivity contribution is 7.47. The number of nitrogens with zero attached hydrogens (tertiary/aromatic N) is 1. The molecule has 0 saturated carbocycles. The SMILES string of the molecule is CCCCCCCCCCCCCCCC(=O)O[C@@H](CO)C(OP(=O)(O)OCC[N+](C)(C)C)C(=O)CCCCCCCCCCCCCCC. The van der Waals surface area contributed by atoms with Crippen LogP contribution in [0.5, 0.6) is 0 Å². The van der Waals surface area contributed by atoms with E-state index in [4.69, 9.17) is 13.8 Å². The molecule has 0 heterocycles.